The van der Waals surface area contributed by atoms with Crippen LogP contribution in [0.2, 0.25) is 0 Å². The number of hydrogen-bond donors (Lipinski definition) is 3. The second-order valence-electron chi connectivity index (χ2n) is 10.6. The highest BCUT2D eigenvalue weighted by molar-refractivity contribution is 5.96. The predicted molar refractivity (Wildman–Crippen MR) is 129 cm³/mol. The summed E-state index contributed by atoms with van der Waals surface area (Å²) in [6.45, 7) is -0.0295. The number of nitrogens with zero attached hydrogens (tertiary/aromatic N) is 3. The minimum Gasteiger partial charge on any atom is -0.345 e. The summed E-state index contributed by atoms with van der Waals surface area (Å²) in [6.07, 6.45) is -1.07. The van der Waals surface area contributed by atoms with Gasteiger partial charge in [0.25, 0.3) is 5.91 Å². The number of piperidine rings is 1. The van der Waals surface area contributed by atoms with Gasteiger partial charge >= 0.3 is 6.18 Å². The van der Waals surface area contributed by atoms with Crippen molar-refractivity contribution in [2.75, 3.05) is 44.3 Å². The van der Waals surface area contributed by atoms with Crippen LogP contribution in [-0.4, -0.2) is 84.7 Å². The van der Waals surface area contributed by atoms with E-state index in [1.807, 2.05) is 45.4 Å². The van der Waals surface area contributed by atoms with Gasteiger partial charge in [0.15, 0.2) is 0 Å². The first-order valence-electron chi connectivity index (χ1n) is 12.9. The van der Waals surface area contributed by atoms with Crippen LogP contribution in [0.15, 0.2) is 30.3 Å². The van der Waals surface area contributed by atoms with Crippen molar-refractivity contribution in [2.24, 2.45) is 11.8 Å². The number of halogens is 3. The Kier molecular flexibility index (Phi) is 7.06. The highest BCUT2D eigenvalue weighted by atomic mass is 19.4. The lowest BCUT2D eigenvalue weighted by atomic mass is 9.78. The van der Waals surface area contributed by atoms with Gasteiger partial charge in [-0.3, -0.25) is 25.2 Å². The molecule has 1 aromatic rings. The van der Waals surface area contributed by atoms with Crippen LogP contribution in [0.4, 0.5) is 18.9 Å². The molecule has 1 spiro atoms. The maximum atomic E-state index is 13.7. The first-order valence-corrected chi connectivity index (χ1v) is 12.9. The van der Waals surface area contributed by atoms with Gasteiger partial charge in [0.2, 0.25) is 11.8 Å². The molecule has 1 aliphatic carbocycles. The SMILES string of the molecule is O=C(CN1CN(c2ccccc2)C2(CCN(C(=O)C3CCC4CNNC4C3)CC2)C1=O)NCC(F)(F)F. The quantitative estimate of drug-likeness (QED) is 0.539. The van der Waals surface area contributed by atoms with Gasteiger partial charge in [-0.15, -0.1) is 0 Å². The van der Waals surface area contributed by atoms with Gasteiger partial charge in [0.1, 0.15) is 18.6 Å². The smallest absolute Gasteiger partial charge is 0.345 e. The molecule has 37 heavy (non-hydrogen) atoms. The number of rotatable bonds is 5. The topological polar surface area (TPSA) is 97.0 Å². The van der Waals surface area contributed by atoms with Crippen molar-refractivity contribution in [3.8, 4) is 0 Å². The van der Waals surface area contributed by atoms with Crippen molar-refractivity contribution in [1.29, 1.82) is 0 Å². The fourth-order valence-corrected chi connectivity index (χ4v) is 6.31. The molecule has 3 heterocycles. The zero-order chi connectivity index (χ0) is 26.2. The number of benzene rings is 1. The maximum Gasteiger partial charge on any atom is 0.405 e. The van der Waals surface area contributed by atoms with Crippen LogP contribution in [0.5, 0.6) is 0 Å². The van der Waals surface area contributed by atoms with E-state index in [9.17, 15) is 27.6 Å². The van der Waals surface area contributed by atoms with Gasteiger partial charge in [-0.1, -0.05) is 18.2 Å². The predicted octanol–water partition coefficient (Wildman–Crippen LogP) is 1.23. The minimum atomic E-state index is -4.52. The van der Waals surface area contributed by atoms with Crippen LogP contribution in [-0.2, 0) is 14.4 Å². The van der Waals surface area contributed by atoms with Gasteiger partial charge in [-0.25, -0.2) is 0 Å². The Morgan fingerprint density at radius 3 is 2.54 bits per heavy atom. The van der Waals surface area contributed by atoms with Gasteiger partial charge in [-0.2, -0.15) is 13.2 Å². The summed E-state index contributed by atoms with van der Waals surface area (Å²) in [5.41, 5.74) is 6.32. The number of alkyl halides is 3. The Labute approximate surface area is 213 Å². The third-order valence-electron chi connectivity index (χ3n) is 8.30. The van der Waals surface area contributed by atoms with E-state index in [2.05, 4.69) is 10.9 Å². The van der Waals surface area contributed by atoms with Crippen molar-refractivity contribution in [3.05, 3.63) is 30.3 Å². The molecule has 3 N–H and O–H groups in total. The molecule has 3 unspecified atom stereocenters. The van der Waals surface area contributed by atoms with E-state index in [0.29, 0.717) is 37.9 Å². The monoisotopic (exact) mass is 522 g/mol. The van der Waals surface area contributed by atoms with E-state index in [4.69, 9.17) is 0 Å². The lowest BCUT2D eigenvalue weighted by molar-refractivity contribution is -0.144. The highest BCUT2D eigenvalue weighted by Gasteiger charge is 2.54. The van der Waals surface area contributed by atoms with Crippen LogP contribution in [0.25, 0.3) is 0 Å². The lowest BCUT2D eigenvalue weighted by Gasteiger charge is -2.44. The molecule has 3 amide bonds. The minimum absolute atomic E-state index is 0.0407. The molecule has 0 aromatic heterocycles. The Hall–Kier alpha value is -2.86. The number of amides is 3. The summed E-state index contributed by atoms with van der Waals surface area (Å²) >= 11 is 0. The first-order chi connectivity index (χ1) is 17.7. The van der Waals surface area contributed by atoms with Crippen molar-refractivity contribution < 1.29 is 27.6 Å². The molecule has 0 radical (unpaired) electrons. The molecule has 4 fully saturated rings. The molecule has 5 rings (SSSR count). The molecular weight excluding hydrogens is 489 g/mol. The third kappa shape index (κ3) is 5.26. The molecule has 0 bridgehead atoms. The Balaban J connectivity index is 1.27. The van der Waals surface area contributed by atoms with Gasteiger partial charge in [-0.05, 0) is 50.2 Å². The average molecular weight is 523 g/mol. The van der Waals surface area contributed by atoms with Crippen LogP contribution in [0, 0.1) is 11.8 Å². The second-order valence-corrected chi connectivity index (χ2v) is 10.6. The average Bonchev–Trinajstić information content (AvgIpc) is 3.46. The van der Waals surface area contributed by atoms with Gasteiger partial charge < -0.3 is 20.0 Å². The first kappa shape index (κ1) is 25.8. The number of hydrazine groups is 1. The lowest BCUT2D eigenvalue weighted by Crippen LogP contribution is -2.58. The standard InChI is InChI=1S/C25H33F3N6O3/c26-25(27,28)15-29-21(35)14-33-16-34(19-4-2-1-3-5-19)24(23(33)37)8-10-32(11-9-24)22(36)17-6-7-18-13-30-31-20(18)12-17/h1-5,17-18,20,30-31H,6-16H2,(H,29,35). The van der Waals surface area contributed by atoms with E-state index in [1.165, 1.54) is 4.90 Å². The normalized spacial score (nSPS) is 27.5. The molecule has 1 aromatic carbocycles. The van der Waals surface area contributed by atoms with Crippen molar-refractivity contribution in [1.82, 2.24) is 26.0 Å². The van der Waals surface area contributed by atoms with Crippen LogP contribution >= 0.6 is 0 Å². The summed E-state index contributed by atoms with van der Waals surface area (Å²) in [4.78, 5) is 44.4. The second kappa shape index (κ2) is 10.1. The molecule has 1 saturated carbocycles. The molecule has 3 aliphatic heterocycles. The zero-order valence-electron chi connectivity index (χ0n) is 20.6. The van der Waals surface area contributed by atoms with Crippen LogP contribution in [0.1, 0.15) is 32.1 Å². The van der Waals surface area contributed by atoms with E-state index in [1.54, 1.807) is 0 Å². The molecule has 202 valence electrons. The van der Waals surface area contributed by atoms with Crippen molar-refractivity contribution in [2.45, 2.75) is 49.9 Å². The Bertz CT molecular complexity index is 1010. The number of likely N-dealkylation sites (tertiary alicyclic amines) is 1. The molecule has 9 nitrogen and oxygen atoms in total. The van der Waals surface area contributed by atoms with E-state index >= 15 is 0 Å². The van der Waals surface area contributed by atoms with E-state index in [0.717, 1.165) is 31.5 Å². The number of hydrogen-bond acceptors (Lipinski definition) is 6. The highest BCUT2D eigenvalue weighted by Crippen LogP contribution is 2.40. The summed E-state index contributed by atoms with van der Waals surface area (Å²) < 4.78 is 37.6. The number of anilines is 1. The molecular formula is C25H33F3N6O3. The number of fused-ring (bicyclic) bond motifs is 1. The molecule has 3 atom stereocenters. The van der Waals surface area contributed by atoms with Crippen molar-refractivity contribution >= 4 is 23.4 Å². The van der Waals surface area contributed by atoms with Crippen LogP contribution < -0.4 is 21.1 Å². The van der Waals surface area contributed by atoms with Gasteiger partial charge in [0, 0.05) is 37.3 Å². The number of carbonyl (C=O) groups is 3. The van der Waals surface area contributed by atoms with Crippen molar-refractivity contribution in [3.63, 3.8) is 0 Å². The Morgan fingerprint density at radius 1 is 1.11 bits per heavy atom. The molecule has 4 aliphatic rings. The number of para-hydroxylation sites is 1. The summed E-state index contributed by atoms with van der Waals surface area (Å²) in [7, 11) is 0. The zero-order valence-corrected chi connectivity index (χ0v) is 20.6. The Morgan fingerprint density at radius 2 is 1.84 bits per heavy atom. The molecule has 12 heteroatoms. The number of nitrogens with one attached hydrogen (secondary N) is 3. The van der Waals surface area contributed by atoms with E-state index < -0.39 is 30.7 Å². The summed E-state index contributed by atoms with van der Waals surface area (Å²) in [5.74, 6) is -0.493. The fourth-order valence-electron chi connectivity index (χ4n) is 6.31. The van der Waals surface area contributed by atoms with Crippen LogP contribution in [0.3, 0.4) is 0 Å². The number of carbonyl (C=O) groups excluding carboxylic acids is 3. The fraction of sp³-hybridized carbons (Fsp3) is 0.640. The summed E-state index contributed by atoms with van der Waals surface area (Å²) in [6, 6.07) is 9.63. The summed E-state index contributed by atoms with van der Waals surface area (Å²) in [5, 5.41) is 1.85. The maximum absolute atomic E-state index is 13.7. The van der Waals surface area contributed by atoms with E-state index in [-0.39, 0.29) is 24.4 Å². The third-order valence-corrected chi connectivity index (χ3v) is 8.30. The molecule has 3 saturated heterocycles. The van der Waals surface area contributed by atoms with Gasteiger partial charge in [0.05, 0.1) is 6.67 Å². The largest absolute Gasteiger partial charge is 0.405 e.